The van der Waals surface area contributed by atoms with Gasteiger partial charge in [-0.15, -0.1) is 0 Å². The van der Waals surface area contributed by atoms with Crippen LogP contribution in [-0.4, -0.2) is 43.8 Å². The van der Waals surface area contributed by atoms with E-state index in [0.717, 1.165) is 42.0 Å². The number of sulfonamides is 1. The van der Waals surface area contributed by atoms with E-state index in [0.29, 0.717) is 22.7 Å². The first kappa shape index (κ1) is 30.6. The average Bonchev–Trinajstić information content (AvgIpc) is 2.98. The van der Waals surface area contributed by atoms with Crippen LogP contribution in [0.5, 0.6) is 0 Å². The zero-order chi connectivity index (χ0) is 29.4. The lowest BCUT2D eigenvalue weighted by atomic mass is 9.95. The molecule has 1 atom stereocenters. The lowest BCUT2D eigenvalue weighted by Crippen LogP contribution is -2.54. The molecule has 1 N–H and O–H groups in total. The number of para-hydroxylation sites is 1. The number of rotatable bonds is 11. The fraction of sp³-hybridized carbons (Fsp3) is 0.375. The summed E-state index contributed by atoms with van der Waals surface area (Å²) in [5, 5.41) is 3.73. The molecule has 0 spiro atoms. The third-order valence-corrected chi connectivity index (χ3v) is 9.62. The van der Waals surface area contributed by atoms with Crippen LogP contribution in [0.3, 0.4) is 0 Å². The minimum atomic E-state index is -4.09. The molecule has 3 aromatic rings. The van der Waals surface area contributed by atoms with Gasteiger partial charge in [-0.3, -0.25) is 13.9 Å². The molecule has 0 bridgehead atoms. The third-order valence-electron chi connectivity index (χ3n) is 7.60. The van der Waals surface area contributed by atoms with Crippen molar-refractivity contribution in [3.8, 4) is 0 Å². The molecule has 0 radical (unpaired) electrons. The van der Waals surface area contributed by atoms with Gasteiger partial charge in [0.25, 0.3) is 10.0 Å². The lowest BCUT2D eigenvalue weighted by molar-refractivity contribution is -0.140. The average molecular weight is 596 g/mol. The van der Waals surface area contributed by atoms with Crippen molar-refractivity contribution >= 4 is 39.1 Å². The Labute approximate surface area is 248 Å². The van der Waals surface area contributed by atoms with Crippen LogP contribution in [0.15, 0.2) is 83.8 Å². The van der Waals surface area contributed by atoms with Crippen molar-refractivity contribution in [1.82, 2.24) is 10.2 Å². The van der Waals surface area contributed by atoms with Crippen LogP contribution in [0.4, 0.5) is 5.69 Å². The van der Waals surface area contributed by atoms with Crippen LogP contribution in [0, 0.1) is 6.92 Å². The summed E-state index contributed by atoms with van der Waals surface area (Å²) in [6.07, 6.45) is 5.52. The molecule has 0 heterocycles. The third kappa shape index (κ3) is 7.68. The summed E-state index contributed by atoms with van der Waals surface area (Å²) in [6, 6.07) is 21.6. The van der Waals surface area contributed by atoms with Crippen LogP contribution in [0.2, 0.25) is 5.02 Å². The molecule has 0 aliphatic heterocycles. The number of carbonyl (C=O) groups excluding carboxylic acids is 2. The minimum Gasteiger partial charge on any atom is -0.352 e. The number of carbonyl (C=O) groups is 2. The summed E-state index contributed by atoms with van der Waals surface area (Å²) >= 11 is 6.10. The van der Waals surface area contributed by atoms with Crippen molar-refractivity contribution in [2.24, 2.45) is 0 Å². The first-order valence-electron chi connectivity index (χ1n) is 14.2. The molecule has 9 heteroatoms. The Balaban J connectivity index is 1.70. The number of aryl methyl sites for hydroxylation is 1. The van der Waals surface area contributed by atoms with Crippen LogP contribution < -0.4 is 9.62 Å². The molecule has 0 saturated heterocycles. The molecule has 0 unspecified atom stereocenters. The number of anilines is 1. The Bertz CT molecular complexity index is 1420. The summed E-state index contributed by atoms with van der Waals surface area (Å²) < 4.78 is 29.0. The van der Waals surface area contributed by atoms with Gasteiger partial charge in [0.1, 0.15) is 12.6 Å². The smallest absolute Gasteiger partial charge is 0.264 e. The second-order valence-corrected chi connectivity index (χ2v) is 12.8. The molecule has 218 valence electrons. The number of nitrogens with zero attached hydrogens (tertiary/aromatic N) is 2. The molecule has 1 saturated carbocycles. The van der Waals surface area contributed by atoms with Crippen LogP contribution >= 0.6 is 11.6 Å². The quantitative estimate of drug-likeness (QED) is 0.290. The van der Waals surface area contributed by atoms with E-state index >= 15 is 0 Å². The van der Waals surface area contributed by atoms with Gasteiger partial charge in [0.05, 0.1) is 10.6 Å². The van der Waals surface area contributed by atoms with Crippen molar-refractivity contribution in [3.05, 3.63) is 95.0 Å². The number of nitrogens with one attached hydrogen (secondary N) is 1. The van der Waals surface area contributed by atoms with Gasteiger partial charge in [0, 0.05) is 17.6 Å². The molecule has 2 amide bonds. The Morgan fingerprint density at radius 1 is 0.927 bits per heavy atom. The first-order valence-corrected chi connectivity index (χ1v) is 16.0. The predicted octanol–water partition coefficient (Wildman–Crippen LogP) is 6.10. The molecule has 0 aromatic heterocycles. The monoisotopic (exact) mass is 595 g/mol. The summed E-state index contributed by atoms with van der Waals surface area (Å²) in [5.74, 6) is -0.677. The zero-order valence-electron chi connectivity index (χ0n) is 23.6. The Morgan fingerprint density at radius 3 is 2.20 bits per heavy atom. The van der Waals surface area contributed by atoms with E-state index in [2.05, 4.69) is 5.32 Å². The van der Waals surface area contributed by atoms with Gasteiger partial charge in [-0.05, 0) is 67.6 Å². The number of hydrogen-bond acceptors (Lipinski definition) is 4. The van der Waals surface area contributed by atoms with Crippen molar-refractivity contribution in [2.45, 2.75) is 75.9 Å². The minimum absolute atomic E-state index is 0.0831. The Hall–Kier alpha value is -3.36. The maximum absolute atomic E-state index is 14.2. The van der Waals surface area contributed by atoms with Crippen LogP contribution in [-0.2, 0) is 26.2 Å². The standard InChI is InChI=1S/C32H38ClN3O4S/c1-3-29(32(38)34-27-13-6-4-7-14-27)35(22-25-18-20-26(33)21-19-25)31(37)23-36(30-17-11-10-12-24(30)2)41(39,40)28-15-8-5-9-16-28/h5,8-12,15-21,27,29H,3-4,6-7,13-14,22-23H2,1-2H3,(H,34,38)/t29-/m0/s1. The normalized spacial score (nSPS) is 14.7. The second-order valence-electron chi connectivity index (χ2n) is 10.5. The van der Waals surface area contributed by atoms with Crippen LogP contribution in [0.1, 0.15) is 56.6 Å². The Morgan fingerprint density at radius 2 is 1.56 bits per heavy atom. The highest BCUT2D eigenvalue weighted by atomic mass is 35.5. The van der Waals surface area contributed by atoms with Gasteiger partial charge in [0.2, 0.25) is 11.8 Å². The van der Waals surface area contributed by atoms with Crippen molar-refractivity contribution in [3.63, 3.8) is 0 Å². The fourth-order valence-electron chi connectivity index (χ4n) is 5.33. The second kappa shape index (κ2) is 14.0. The molecule has 1 aliphatic carbocycles. The molecule has 1 fully saturated rings. The topological polar surface area (TPSA) is 86.8 Å². The summed E-state index contributed by atoms with van der Waals surface area (Å²) in [7, 11) is -4.09. The predicted molar refractivity (Wildman–Crippen MR) is 163 cm³/mol. The van der Waals surface area contributed by atoms with Gasteiger partial charge < -0.3 is 10.2 Å². The Kier molecular flexibility index (Phi) is 10.5. The summed E-state index contributed by atoms with van der Waals surface area (Å²) in [6.45, 7) is 3.36. The van der Waals surface area contributed by atoms with Gasteiger partial charge in [0.15, 0.2) is 0 Å². The van der Waals surface area contributed by atoms with E-state index in [1.54, 1.807) is 42.5 Å². The molecular formula is C32H38ClN3O4S. The van der Waals surface area contributed by atoms with Crippen LogP contribution in [0.25, 0.3) is 0 Å². The summed E-state index contributed by atoms with van der Waals surface area (Å²) in [5.41, 5.74) is 1.92. The van der Waals surface area contributed by atoms with Crippen molar-refractivity contribution < 1.29 is 18.0 Å². The molecule has 4 rings (SSSR count). The molecule has 41 heavy (non-hydrogen) atoms. The number of hydrogen-bond donors (Lipinski definition) is 1. The number of benzene rings is 3. The highest BCUT2D eigenvalue weighted by Crippen LogP contribution is 2.28. The molecule has 3 aromatic carbocycles. The van der Waals surface area contributed by atoms with E-state index in [4.69, 9.17) is 11.6 Å². The number of halogens is 1. The molecule has 7 nitrogen and oxygen atoms in total. The largest absolute Gasteiger partial charge is 0.352 e. The van der Waals surface area contributed by atoms with Gasteiger partial charge in [-0.1, -0.05) is 86.3 Å². The van der Waals surface area contributed by atoms with Gasteiger partial charge in [-0.2, -0.15) is 0 Å². The van der Waals surface area contributed by atoms with Crippen molar-refractivity contribution in [1.29, 1.82) is 0 Å². The van der Waals surface area contributed by atoms with Gasteiger partial charge in [-0.25, -0.2) is 8.42 Å². The summed E-state index contributed by atoms with van der Waals surface area (Å²) in [4.78, 5) is 29.4. The highest BCUT2D eigenvalue weighted by Gasteiger charge is 2.34. The number of amides is 2. The van der Waals surface area contributed by atoms with E-state index in [9.17, 15) is 18.0 Å². The molecular weight excluding hydrogens is 558 g/mol. The fourth-order valence-corrected chi connectivity index (χ4v) is 6.95. The van der Waals surface area contributed by atoms with E-state index in [-0.39, 0.29) is 23.4 Å². The zero-order valence-corrected chi connectivity index (χ0v) is 25.2. The maximum atomic E-state index is 14.2. The SMILES string of the molecule is CC[C@@H](C(=O)NC1CCCCC1)N(Cc1ccc(Cl)cc1)C(=O)CN(c1ccccc1C)S(=O)(=O)c1ccccc1. The lowest BCUT2D eigenvalue weighted by Gasteiger charge is -2.34. The van der Waals surface area contributed by atoms with E-state index in [1.165, 1.54) is 17.0 Å². The van der Waals surface area contributed by atoms with E-state index < -0.39 is 28.5 Å². The molecule has 1 aliphatic rings. The van der Waals surface area contributed by atoms with Crippen molar-refractivity contribution in [2.75, 3.05) is 10.8 Å². The van der Waals surface area contributed by atoms with Gasteiger partial charge >= 0.3 is 0 Å². The van der Waals surface area contributed by atoms with E-state index in [1.807, 2.05) is 38.1 Å². The first-order chi connectivity index (χ1) is 19.7. The highest BCUT2D eigenvalue weighted by molar-refractivity contribution is 7.92. The maximum Gasteiger partial charge on any atom is 0.264 e.